The Hall–Kier alpha value is -3.31. The summed E-state index contributed by atoms with van der Waals surface area (Å²) in [5, 5.41) is 8.84. The Kier molecular flexibility index (Phi) is 4.41. The first-order valence-electron chi connectivity index (χ1n) is 7.28. The van der Waals surface area contributed by atoms with Crippen LogP contribution in [-0.2, 0) is 24.0 Å². The number of aryl methyl sites for hydroxylation is 1. The maximum absolute atomic E-state index is 12.5. The van der Waals surface area contributed by atoms with Crippen LogP contribution in [0.25, 0.3) is 11.0 Å². The highest BCUT2D eigenvalue weighted by molar-refractivity contribution is 7.61. The molecule has 25 heavy (non-hydrogen) atoms. The van der Waals surface area contributed by atoms with E-state index in [-0.39, 0.29) is 11.2 Å². The molecule has 3 rings (SSSR count). The lowest BCUT2D eigenvalue weighted by Gasteiger charge is -2.08. The number of rotatable bonds is 3. The van der Waals surface area contributed by atoms with E-state index in [1.807, 2.05) is 6.07 Å². The lowest BCUT2D eigenvalue weighted by atomic mass is 10.1. The molecule has 2 aromatic carbocycles. The van der Waals surface area contributed by atoms with Crippen molar-refractivity contribution in [2.45, 2.75) is 6.42 Å². The Morgan fingerprint density at radius 1 is 1.20 bits per heavy atom. The van der Waals surface area contributed by atoms with Gasteiger partial charge in [-0.1, -0.05) is 12.1 Å². The smallest absolute Gasteiger partial charge is 0.308 e. The number of hydrogen-bond acceptors (Lipinski definition) is 6. The van der Waals surface area contributed by atoms with Gasteiger partial charge in [0.05, 0.1) is 28.4 Å². The summed E-state index contributed by atoms with van der Waals surface area (Å²) in [4.78, 5) is 16.9. The molecule has 0 spiro atoms. The zero-order valence-corrected chi connectivity index (χ0v) is 14.0. The van der Waals surface area contributed by atoms with Crippen molar-refractivity contribution >= 4 is 27.2 Å². The van der Waals surface area contributed by atoms with E-state index >= 15 is 0 Å². The van der Waals surface area contributed by atoms with Crippen molar-refractivity contribution in [1.29, 1.82) is 5.26 Å². The third-order valence-electron chi connectivity index (χ3n) is 3.76. The molecule has 1 aromatic heterocycles. The number of hydrogen-bond donors (Lipinski definition) is 0. The van der Waals surface area contributed by atoms with E-state index in [1.54, 1.807) is 37.4 Å². The van der Waals surface area contributed by atoms with E-state index in [4.69, 9.17) is 5.26 Å². The SMILES string of the molecule is Cn1c(=O)c(Cc2ccc(C#N)cc2)nc2cc(N=S(=O)=O)ccc21. The van der Waals surface area contributed by atoms with E-state index in [2.05, 4.69) is 9.35 Å². The summed E-state index contributed by atoms with van der Waals surface area (Å²) in [6, 6.07) is 13.6. The number of benzene rings is 2. The van der Waals surface area contributed by atoms with Gasteiger partial charge >= 0.3 is 10.5 Å². The summed E-state index contributed by atoms with van der Waals surface area (Å²) in [6.45, 7) is 0. The molecule has 0 atom stereocenters. The number of aromatic nitrogens is 2. The van der Waals surface area contributed by atoms with Crippen LogP contribution in [0.4, 0.5) is 5.69 Å². The first-order valence-corrected chi connectivity index (χ1v) is 8.31. The molecule has 0 aliphatic heterocycles. The van der Waals surface area contributed by atoms with Gasteiger partial charge in [0.25, 0.3) is 5.56 Å². The third kappa shape index (κ3) is 3.46. The molecule has 0 radical (unpaired) electrons. The fraction of sp³-hybridized carbons (Fsp3) is 0.118. The van der Waals surface area contributed by atoms with Crippen LogP contribution in [0.2, 0.25) is 0 Å². The average molecular weight is 352 g/mol. The lowest BCUT2D eigenvalue weighted by Crippen LogP contribution is -2.23. The molecule has 0 saturated heterocycles. The highest BCUT2D eigenvalue weighted by Crippen LogP contribution is 2.19. The van der Waals surface area contributed by atoms with E-state index < -0.39 is 10.5 Å². The minimum Gasteiger partial charge on any atom is -0.308 e. The van der Waals surface area contributed by atoms with Crippen molar-refractivity contribution in [1.82, 2.24) is 9.55 Å². The van der Waals surface area contributed by atoms with Crippen molar-refractivity contribution in [2.24, 2.45) is 11.4 Å². The van der Waals surface area contributed by atoms with Gasteiger partial charge in [-0.25, -0.2) is 4.98 Å². The second kappa shape index (κ2) is 6.67. The standard InChI is InChI=1S/C17H12N4O3S/c1-21-16-7-6-13(20-25(23)24)9-14(16)19-15(17(21)22)8-11-2-4-12(10-18)5-3-11/h2-7,9H,8H2,1H3. The lowest BCUT2D eigenvalue weighted by molar-refractivity contribution is 0.622. The maximum Gasteiger partial charge on any atom is 0.316 e. The monoisotopic (exact) mass is 352 g/mol. The summed E-state index contributed by atoms with van der Waals surface area (Å²) in [5.74, 6) is 0. The first-order chi connectivity index (χ1) is 12.0. The second-order valence-electron chi connectivity index (χ2n) is 5.39. The molecule has 7 nitrogen and oxygen atoms in total. The molecule has 1 heterocycles. The van der Waals surface area contributed by atoms with Crippen molar-refractivity contribution in [2.75, 3.05) is 0 Å². The zero-order chi connectivity index (χ0) is 18.0. The van der Waals surface area contributed by atoms with Gasteiger partial charge in [0, 0.05) is 13.5 Å². The van der Waals surface area contributed by atoms with E-state index in [0.29, 0.717) is 28.7 Å². The number of nitrogens with zero attached hydrogens (tertiary/aromatic N) is 4. The first kappa shape index (κ1) is 16.5. The van der Waals surface area contributed by atoms with Crippen LogP contribution in [0, 0.1) is 11.3 Å². The van der Waals surface area contributed by atoms with E-state index in [0.717, 1.165) is 5.56 Å². The maximum atomic E-state index is 12.5. The molecule has 0 N–H and O–H groups in total. The highest BCUT2D eigenvalue weighted by Gasteiger charge is 2.10. The molecular formula is C17H12N4O3S. The average Bonchev–Trinajstić information content (AvgIpc) is 2.59. The summed E-state index contributed by atoms with van der Waals surface area (Å²) >= 11 is 0. The normalized spacial score (nSPS) is 10.4. The van der Waals surface area contributed by atoms with Crippen molar-refractivity contribution < 1.29 is 8.42 Å². The van der Waals surface area contributed by atoms with Gasteiger partial charge in [0.2, 0.25) is 0 Å². The molecule has 3 aromatic rings. The van der Waals surface area contributed by atoms with Gasteiger partial charge in [0.15, 0.2) is 0 Å². The Morgan fingerprint density at radius 3 is 2.56 bits per heavy atom. The van der Waals surface area contributed by atoms with Gasteiger partial charge < -0.3 is 4.57 Å². The molecule has 124 valence electrons. The third-order valence-corrected chi connectivity index (χ3v) is 4.12. The Labute approximate surface area is 144 Å². The summed E-state index contributed by atoms with van der Waals surface area (Å²) in [7, 11) is -0.921. The molecule has 0 aliphatic rings. The van der Waals surface area contributed by atoms with Crippen LogP contribution in [0.1, 0.15) is 16.8 Å². The van der Waals surface area contributed by atoms with Gasteiger partial charge in [-0.15, -0.1) is 4.36 Å². The molecule has 0 unspecified atom stereocenters. The largest absolute Gasteiger partial charge is 0.316 e. The molecule has 0 amide bonds. The Balaban J connectivity index is 2.10. The zero-order valence-electron chi connectivity index (χ0n) is 13.2. The Morgan fingerprint density at radius 2 is 1.92 bits per heavy atom. The predicted molar refractivity (Wildman–Crippen MR) is 92.0 cm³/mol. The van der Waals surface area contributed by atoms with E-state index in [9.17, 15) is 13.2 Å². The van der Waals surface area contributed by atoms with Crippen LogP contribution in [0.5, 0.6) is 0 Å². The minimum absolute atomic E-state index is 0.228. The molecule has 0 saturated carbocycles. The predicted octanol–water partition coefficient (Wildman–Crippen LogP) is 2.09. The molecular weight excluding hydrogens is 340 g/mol. The quantitative estimate of drug-likeness (QED) is 0.717. The van der Waals surface area contributed by atoms with Crippen LogP contribution in [-0.4, -0.2) is 18.0 Å². The fourth-order valence-electron chi connectivity index (χ4n) is 2.53. The Bertz CT molecular complexity index is 1200. The van der Waals surface area contributed by atoms with Gasteiger partial charge in [-0.05, 0) is 35.9 Å². The van der Waals surface area contributed by atoms with Crippen molar-refractivity contribution in [3.63, 3.8) is 0 Å². The van der Waals surface area contributed by atoms with Crippen molar-refractivity contribution in [3.05, 3.63) is 69.6 Å². The van der Waals surface area contributed by atoms with Gasteiger partial charge in [-0.2, -0.15) is 13.7 Å². The molecule has 8 heteroatoms. The number of fused-ring (bicyclic) bond motifs is 1. The van der Waals surface area contributed by atoms with Gasteiger partial charge in [-0.3, -0.25) is 4.79 Å². The molecule has 0 bridgehead atoms. The summed E-state index contributed by atoms with van der Waals surface area (Å²) in [6.07, 6.45) is 0.309. The van der Waals surface area contributed by atoms with Crippen LogP contribution in [0.3, 0.4) is 0 Å². The summed E-state index contributed by atoms with van der Waals surface area (Å²) in [5.41, 5.74) is 2.82. The van der Waals surface area contributed by atoms with Crippen LogP contribution in [0.15, 0.2) is 51.6 Å². The molecule has 0 fully saturated rings. The molecule has 0 aliphatic carbocycles. The highest BCUT2D eigenvalue weighted by atomic mass is 32.2. The fourth-order valence-corrected chi connectivity index (χ4v) is 2.82. The van der Waals surface area contributed by atoms with Crippen LogP contribution >= 0.6 is 0 Å². The summed E-state index contributed by atoms with van der Waals surface area (Å²) < 4.78 is 26.4. The van der Waals surface area contributed by atoms with Crippen LogP contribution < -0.4 is 5.56 Å². The topological polar surface area (TPSA) is 105 Å². The number of nitriles is 1. The van der Waals surface area contributed by atoms with Gasteiger partial charge in [0.1, 0.15) is 5.69 Å². The van der Waals surface area contributed by atoms with Crippen molar-refractivity contribution in [3.8, 4) is 6.07 Å². The van der Waals surface area contributed by atoms with E-state index in [1.165, 1.54) is 16.7 Å². The second-order valence-corrected chi connectivity index (χ2v) is 6.01. The minimum atomic E-state index is -2.56.